The van der Waals surface area contributed by atoms with Gasteiger partial charge in [0.2, 0.25) is 0 Å². The quantitative estimate of drug-likeness (QED) is 0.757. The zero-order valence-electron chi connectivity index (χ0n) is 19.4. The third-order valence-electron chi connectivity index (χ3n) is 6.15. The fraction of sp³-hybridized carbons (Fsp3) is 0.727. The number of amides is 1. The molecule has 0 bridgehead atoms. The number of aromatic nitrogens is 1. The van der Waals surface area contributed by atoms with Crippen LogP contribution >= 0.6 is 0 Å². The summed E-state index contributed by atoms with van der Waals surface area (Å²) in [4.78, 5) is 18.5. The number of likely N-dealkylation sites (tertiary alicyclic amines) is 1. The van der Waals surface area contributed by atoms with Crippen molar-refractivity contribution in [3.05, 3.63) is 18.3 Å². The number of ether oxygens (including phenoxy) is 1. The Bertz CT molecular complexity index is 739. The highest BCUT2D eigenvalue weighted by molar-refractivity contribution is 6.62. The van der Waals surface area contributed by atoms with Gasteiger partial charge in [0.25, 0.3) is 0 Å². The number of carbonyl (C=O) groups is 1. The van der Waals surface area contributed by atoms with E-state index < -0.39 is 12.7 Å². The Morgan fingerprint density at radius 2 is 1.83 bits per heavy atom. The van der Waals surface area contributed by atoms with Gasteiger partial charge in [-0.1, -0.05) is 0 Å². The molecule has 0 spiro atoms. The molecular formula is C22H36BN3O4. The molecule has 1 N–H and O–H groups in total. The van der Waals surface area contributed by atoms with Crippen LogP contribution in [0.15, 0.2) is 18.3 Å². The van der Waals surface area contributed by atoms with E-state index in [1.165, 1.54) is 0 Å². The van der Waals surface area contributed by atoms with Crippen LogP contribution in [0.4, 0.5) is 10.6 Å². The summed E-state index contributed by atoms with van der Waals surface area (Å²) < 4.78 is 17.8. The summed E-state index contributed by atoms with van der Waals surface area (Å²) in [6.07, 6.45) is 3.46. The van der Waals surface area contributed by atoms with E-state index in [0.717, 1.165) is 43.8 Å². The van der Waals surface area contributed by atoms with Gasteiger partial charge in [0, 0.05) is 25.8 Å². The summed E-state index contributed by atoms with van der Waals surface area (Å²) in [6.45, 7) is 16.2. The van der Waals surface area contributed by atoms with E-state index >= 15 is 0 Å². The summed E-state index contributed by atoms with van der Waals surface area (Å²) in [6, 6.07) is 3.94. The third kappa shape index (κ3) is 5.46. The van der Waals surface area contributed by atoms with Gasteiger partial charge in [0.1, 0.15) is 11.4 Å². The van der Waals surface area contributed by atoms with Crippen molar-refractivity contribution in [1.82, 2.24) is 9.88 Å². The second-order valence-electron chi connectivity index (χ2n) is 10.4. The zero-order chi connectivity index (χ0) is 22.2. The topological polar surface area (TPSA) is 72.9 Å². The Kier molecular flexibility index (Phi) is 6.39. The molecule has 2 aliphatic heterocycles. The highest BCUT2D eigenvalue weighted by Crippen LogP contribution is 2.36. The third-order valence-corrected chi connectivity index (χ3v) is 6.15. The molecule has 2 aliphatic rings. The first-order valence-corrected chi connectivity index (χ1v) is 10.9. The highest BCUT2D eigenvalue weighted by atomic mass is 16.7. The molecule has 2 saturated heterocycles. The van der Waals surface area contributed by atoms with E-state index in [0.29, 0.717) is 5.92 Å². The lowest BCUT2D eigenvalue weighted by Crippen LogP contribution is -2.42. The summed E-state index contributed by atoms with van der Waals surface area (Å²) >= 11 is 0. The average molecular weight is 417 g/mol. The predicted molar refractivity (Wildman–Crippen MR) is 119 cm³/mol. The van der Waals surface area contributed by atoms with Crippen molar-refractivity contribution in [2.24, 2.45) is 5.92 Å². The van der Waals surface area contributed by atoms with Crippen molar-refractivity contribution in [3.63, 3.8) is 0 Å². The van der Waals surface area contributed by atoms with Crippen molar-refractivity contribution < 1.29 is 18.8 Å². The Morgan fingerprint density at radius 1 is 1.23 bits per heavy atom. The van der Waals surface area contributed by atoms with E-state index in [1.807, 2.05) is 32.9 Å². The molecule has 0 aromatic carbocycles. The van der Waals surface area contributed by atoms with Gasteiger partial charge in [0.05, 0.1) is 11.2 Å². The molecule has 0 radical (unpaired) electrons. The number of anilines is 1. The molecule has 166 valence electrons. The minimum absolute atomic E-state index is 0.217. The molecule has 0 unspecified atom stereocenters. The molecule has 0 aliphatic carbocycles. The Morgan fingerprint density at radius 3 is 2.40 bits per heavy atom. The van der Waals surface area contributed by atoms with Crippen LogP contribution in [-0.2, 0) is 14.0 Å². The van der Waals surface area contributed by atoms with Crippen LogP contribution in [0.25, 0.3) is 0 Å². The van der Waals surface area contributed by atoms with Crippen molar-refractivity contribution in [1.29, 1.82) is 0 Å². The first-order valence-electron chi connectivity index (χ1n) is 10.9. The smallest absolute Gasteiger partial charge is 0.444 e. The second-order valence-corrected chi connectivity index (χ2v) is 10.4. The average Bonchev–Trinajstić information content (AvgIpc) is 2.87. The van der Waals surface area contributed by atoms with Crippen LogP contribution in [0.5, 0.6) is 0 Å². The van der Waals surface area contributed by atoms with Crippen LogP contribution < -0.4 is 10.8 Å². The fourth-order valence-electron chi connectivity index (χ4n) is 3.56. The normalized spacial score (nSPS) is 21.6. The summed E-state index contributed by atoms with van der Waals surface area (Å²) in [5, 5.41) is 3.45. The highest BCUT2D eigenvalue weighted by Gasteiger charge is 2.51. The molecule has 0 saturated carbocycles. The standard InChI is InChI=1S/C22H36BN3O4/c1-20(2,3)28-19(27)26-12-9-16(10-13-26)15-25-18-14-17(8-11-24-18)23-29-21(4,5)22(6,7)30-23/h8,11,14,16H,9-10,12-13,15H2,1-7H3,(H,24,25). The van der Waals surface area contributed by atoms with Crippen LogP contribution in [0.3, 0.4) is 0 Å². The van der Waals surface area contributed by atoms with E-state index in [9.17, 15) is 4.79 Å². The molecule has 1 aromatic rings. The van der Waals surface area contributed by atoms with E-state index in [1.54, 1.807) is 11.1 Å². The molecule has 8 heteroatoms. The van der Waals surface area contributed by atoms with Crippen molar-refractivity contribution in [3.8, 4) is 0 Å². The van der Waals surface area contributed by atoms with E-state index in [2.05, 4.69) is 38.0 Å². The van der Waals surface area contributed by atoms with Crippen LogP contribution in [-0.4, -0.2) is 59.5 Å². The largest absolute Gasteiger partial charge is 0.495 e. The summed E-state index contributed by atoms with van der Waals surface area (Å²) in [7, 11) is -0.393. The number of hydrogen-bond donors (Lipinski definition) is 1. The summed E-state index contributed by atoms with van der Waals surface area (Å²) in [5.41, 5.74) is -0.220. The molecule has 1 aromatic heterocycles. The number of carbonyl (C=O) groups excluding carboxylic acids is 1. The fourth-order valence-corrected chi connectivity index (χ4v) is 3.56. The van der Waals surface area contributed by atoms with Crippen LogP contribution in [0.2, 0.25) is 0 Å². The molecule has 1 amide bonds. The number of rotatable bonds is 4. The van der Waals surface area contributed by atoms with Gasteiger partial charge >= 0.3 is 13.2 Å². The van der Waals surface area contributed by atoms with Crippen molar-refractivity contribution >= 4 is 24.5 Å². The Hall–Kier alpha value is -1.80. The van der Waals surface area contributed by atoms with Gasteiger partial charge in [0.15, 0.2) is 0 Å². The monoisotopic (exact) mass is 417 g/mol. The first kappa shape index (κ1) is 22.9. The van der Waals surface area contributed by atoms with Gasteiger partial charge in [-0.25, -0.2) is 9.78 Å². The number of piperidine rings is 1. The van der Waals surface area contributed by atoms with Gasteiger partial charge in [-0.15, -0.1) is 0 Å². The van der Waals surface area contributed by atoms with E-state index in [4.69, 9.17) is 14.0 Å². The maximum Gasteiger partial charge on any atom is 0.495 e. The minimum Gasteiger partial charge on any atom is -0.444 e. The lowest BCUT2D eigenvalue weighted by atomic mass is 9.80. The van der Waals surface area contributed by atoms with Crippen molar-refractivity contribution in [2.75, 3.05) is 25.0 Å². The predicted octanol–water partition coefficient (Wildman–Crippen LogP) is 3.44. The Balaban J connectivity index is 1.50. The number of nitrogens with one attached hydrogen (secondary N) is 1. The SMILES string of the molecule is CC(C)(C)OC(=O)N1CCC(CNc2cc(B3OC(C)(C)C(C)(C)O3)ccn2)CC1. The molecular weight excluding hydrogens is 381 g/mol. The van der Waals surface area contributed by atoms with Crippen molar-refractivity contribution in [2.45, 2.75) is 78.1 Å². The zero-order valence-corrected chi connectivity index (χ0v) is 19.4. The lowest BCUT2D eigenvalue weighted by Gasteiger charge is -2.33. The van der Waals surface area contributed by atoms with Crippen LogP contribution in [0.1, 0.15) is 61.3 Å². The van der Waals surface area contributed by atoms with E-state index in [-0.39, 0.29) is 17.3 Å². The maximum absolute atomic E-state index is 12.2. The first-order chi connectivity index (χ1) is 13.9. The number of hydrogen-bond acceptors (Lipinski definition) is 6. The Labute approximate surface area is 181 Å². The maximum atomic E-state index is 12.2. The van der Waals surface area contributed by atoms with Crippen LogP contribution in [0, 0.1) is 5.92 Å². The lowest BCUT2D eigenvalue weighted by molar-refractivity contribution is 0.00578. The van der Waals surface area contributed by atoms with Gasteiger partial charge in [-0.3, -0.25) is 0 Å². The molecule has 3 rings (SSSR count). The second kappa shape index (κ2) is 8.38. The molecule has 30 heavy (non-hydrogen) atoms. The van der Waals surface area contributed by atoms with Gasteiger partial charge in [-0.05, 0) is 84.8 Å². The molecule has 7 nitrogen and oxygen atoms in total. The molecule has 0 atom stereocenters. The molecule has 3 heterocycles. The number of pyridine rings is 1. The van der Waals surface area contributed by atoms with Gasteiger partial charge < -0.3 is 24.3 Å². The summed E-state index contributed by atoms with van der Waals surface area (Å²) in [5.74, 6) is 1.31. The molecule has 2 fully saturated rings. The number of nitrogens with zero attached hydrogens (tertiary/aromatic N) is 2. The van der Waals surface area contributed by atoms with Gasteiger partial charge in [-0.2, -0.15) is 0 Å². The minimum atomic E-state index is -0.455.